The molecule has 0 fully saturated rings. The minimum Gasteiger partial charge on any atom is -0.379 e. The Morgan fingerprint density at radius 1 is 0.960 bits per heavy atom. The van der Waals surface area contributed by atoms with Gasteiger partial charge in [-0.1, -0.05) is 30.3 Å². The molecule has 0 unspecified atom stereocenters. The topological polar surface area (TPSA) is 119 Å². The first-order valence-electron chi connectivity index (χ1n) is 7.13. The van der Waals surface area contributed by atoms with E-state index in [0.717, 1.165) is 0 Å². The highest BCUT2D eigenvalue weighted by Crippen LogP contribution is 2.24. The van der Waals surface area contributed by atoms with E-state index in [1.54, 1.807) is 22.9 Å². The average Bonchev–Trinajstić information content (AvgIpc) is 2.55. The lowest BCUT2D eigenvalue weighted by Gasteiger charge is -2.12. The van der Waals surface area contributed by atoms with E-state index in [2.05, 4.69) is 5.32 Å². The summed E-state index contributed by atoms with van der Waals surface area (Å²) in [7, 11) is -8.01. The molecule has 0 aliphatic carbocycles. The molecule has 2 amide bonds. The molecule has 0 radical (unpaired) electrons. The summed E-state index contributed by atoms with van der Waals surface area (Å²) in [6.07, 6.45) is 0. The molecule has 0 heterocycles. The van der Waals surface area contributed by atoms with Crippen molar-refractivity contribution in [1.82, 2.24) is 4.72 Å². The maximum absolute atomic E-state index is 12.4. The van der Waals surface area contributed by atoms with Gasteiger partial charge in [0.25, 0.3) is 0 Å². The Morgan fingerprint density at radius 3 is 2.20 bits per heavy atom. The van der Waals surface area contributed by atoms with E-state index in [1.165, 1.54) is 43.3 Å². The Bertz CT molecular complexity index is 957. The molecule has 10 heteroatoms. The van der Waals surface area contributed by atoms with Crippen molar-refractivity contribution in [2.24, 2.45) is 0 Å². The number of carbonyl (C=O) groups is 1. The number of anilines is 1. The van der Waals surface area contributed by atoms with Crippen LogP contribution in [0, 0.1) is 0 Å². The molecule has 134 valence electrons. The van der Waals surface area contributed by atoms with Gasteiger partial charge in [0.1, 0.15) is 10.6 Å². The van der Waals surface area contributed by atoms with Crippen LogP contribution in [0.25, 0.3) is 0 Å². The molecule has 2 N–H and O–H groups in total. The molecule has 0 bridgehead atoms. The van der Waals surface area contributed by atoms with Gasteiger partial charge in [0.05, 0.1) is 11.4 Å². The molecule has 0 atom stereocenters. The van der Waals surface area contributed by atoms with E-state index >= 15 is 0 Å². The standard InChI is InChI=1S/C15H16N2O6S2/c1-2-24(19,20)17-15(18)16-13-10-6-7-11-14(13)25(21,22)23-12-8-4-3-5-9-12/h3-11H,2H2,1H3,(H2,16,17,18). The molecule has 2 aromatic rings. The molecule has 0 aliphatic rings. The van der Waals surface area contributed by atoms with Gasteiger partial charge >= 0.3 is 16.1 Å². The largest absolute Gasteiger partial charge is 0.379 e. The van der Waals surface area contributed by atoms with Crippen LogP contribution in [0.5, 0.6) is 5.75 Å². The minimum absolute atomic E-state index is 0.107. The third kappa shape index (κ3) is 5.19. The molecule has 2 rings (SSSR count). The van der Waals surface area contributed by atoms with Gasteiger partial charge in [0.2, 0.25) is 10.0 Å². The van der Waals surface area contributed by atoms with Crippen LogP contribution in [-0.2, 0) is 20.1 Å². The van der Waals surface area contributed by atoms with E-state index in [0.29, 0.717) is 0 Å². The van der Waals surface area contributed by atoms with Crippen molar-refractivity contribution >= 4 is 31.9 Å². The third-order valence-corrected chi connectivity index (χ3v) is 5.54. The summed E-state index contributed by atoms with van der Waals surface area (Å²) in [5.74, 6) is -0.187. The van der Waals surface area contributed by atoms with E-state index in [-0.39, 0.29) is 22.1 Å². The van der Waals surface area contributed by atoms with Crippen molar-refractivity contribution in [2.45, 2.75) is 11.8 Å². The molecule has 8 nitrogen and oxygen atoms in total. The summed E-state index contributed by atoms with van der Waals surface area (Å²) >= 11 is 0. The maximum atomic E-state index is 12.4. The molecular weight excluding hydrogens is 368 g/mol. The molecule has 0 saturated carbocycles. The van der Waals surface area contributed by atoms with Crippen LogP contribution >= 0.6 is 0 Å². The van der Waals surface area contributed by atoms with Crippen molar-refractivity contribution in [3.05, 3.63) is 54.6 Å². The van der Waals surface area contributed by atoms with Crippen molar-refractivity contribution in [3.8, 4) is 5.75 Å². The van der Waals surface area contributed by atoms with Gasteiger partial charge in [-0.15, -0.1) is 0 Å². The number of benzene rings is 2. The summed E-state index contributed by atoms with van der Waals surface area (Å²) in [5.41, 5.74) is -0.109. The summed E-state index contributed by atoms with van der Waals surface area (Å²) < 4.78 is 54.5. The Kier molecular flexibility index (Phi) is 5.65. The number of sulfonamides is 1. The van der Waals surface area contributed by atoms with Crippen LogP contribution in [0.2, 0.25) is 0 Å². The number of nitrogens with one attached hydrogen (secondary N) is 2. The van der Waals surface area contributed by atoms with Gasteiger partial charge in [-0.25, -0.2) is 17.9 Å². The zero-order valence-corrected chi connectivity index (χ0v) is 14.8. The fourth-order valence-corrected chi connectivity index (χ4v) is 3.36. The van der Waals surface area contributed by atoms with Gasteiger partial charge in [-0.05, 0) is 31.2 Å². The van der Waals surface area contributed by atoms with Crippen LogP contribution in [0.15, 0.2) is 59.5 Å². The van der Waals surface area contributed by atoms with Gasteiger partial charge in [-0.3, -0.25) is 0 Å². The number of amides is 2. The second-order valence-electron chi connectivity index (χ2n) is 4.81. The zero-order valence-electron chi connectivity index (χ0n) is 13.2. The number of urea groups is 1. The van der Waals surface area contributed by atoms with Crippen LogP contribution in [0.3, 0.4) is 0 Å². The fraction of sp³-hybridized carbons (Fsp3) is 0.133. The molecule has 2 aromatic carbocycles. The smallest absolute Gasteiger partial charge is 0.341 e. The highest BCUT2D eigenvalue weighted by atomic mass is 32.2. The lowest BCUT2D eigenvalue weighted by molar-refractivity contribution is 0.256. The highest BCUT2D eigenvalue weighted by molar-refractivity contribution is 7.90. The molecule has 0 saturated heterocycles. The second-order valence-corrected chi connectivity index (χ2v) is 8.33. The third-order valence-electron chi connectivity index (χ3n) is 2.98. The second kappa shape index (κ2) is 7.53. The first kappa shape index (κ1) is 18.7. The quantitative estimate of drug-likeness (QED) is 0.735. The molecule has 0 aromatic heterocycles. The number of para-hydroxylation sites is 2. The molecule has 25 heavy (non-hydrogen) atoms. The summed E-state index contributed by atoms with van der Waals surface area (Å²) in [4.78, 5) is 11.5. The van der Waals surface area contributed by atoms with Gasteiger partial charge < -0.3 is 9.50 Å². The monoisotopic (exact) mass is 384 g/mol. The number of carbonyl (C=O) groups excluding carboxylic acids is 1. The van der Waals surface area contributed by atoms with E-state index in [4.69, 9.17) is 4.18 Å². The average molecular weight is 384 g/mol. The van der Waals surface area contributed by atoms with Crippen molar-refractivity contribution < 1.29 is 25.8 Å². The van der Waals surface area contributed by atoms with E-state index in [1.807, 2.05) is 0 Å². The van der Waals surface area contributed by atoms with Gasteiger partial charge in [0, 0.05) is 0 Å². The maximum Gasteiger partial charge on any atom is 0.341 e. The first-order valence-corrected chi connectivity index (χ1v) is 10.2. The Hall–Kier alpha value is -2.59. The zero-order chi connectivity index (χ0) is 18.5. The van der Waals surface area contributed by atoms with Crippen molar-refractivity contribution in [3.63, 3.8) is 0 Å². The molecule has 0 aliphatic heterocycles. The lowest BCUT2D eigenvalue weighted by Crippen LogP contribution is -2.35. The van der Waals surface area contributed by atoms with Crippen LogP contribution in [0.1, 0.15) is 6.92 Å². The van der Waals surface area contributed by atoms with Crippen molar-refractivity contribution in [2.75, 3.05) is 11.1 Å². The van der Waals surface area contributed by atoms with E-state index < -0.39 is 26.2 Å². The van der Waals surface area contributed by atoms with Crippen molar-refractivity contribution in [1.29, 1.82) is 0 Å². The van der Waals surface area contributed by atoms with E-state index in [9.17, 15) is 21.6 Å². The van der Waals surface area contributed by atoms with Gasteiger partial charge in [0.15, 0.2) is 0 Å². The predicted octanol–water partition coefficient (Wildman–Crippen LogP) is 1.93. The molecule has 0 spiro atoms. The Morgan fingerprint density at radius 2 is 1.56 bits per heavy atom. The summed E-state index contributed by atoms with van der Waals surface area (Å²) in [5, 5.41) is 2.20. The fourth-order valence-electron chi connectivity index (χ4n) is 1.80. The highest BCUT2D eigenvalue weighted by Gasteiger charge is 2.22. The van der Waals surface area contributed by atoms with Crippen LogP contribution in [0.4, 0.5) is 10.5 Å². The number of rotatable bonds is 6. The first-order chi connectivity index (χ1) is 11.7. The number of hydrogen-bond donors (Lipinski definition) is 2. The molecular formula is C15H16N2O6S2. The van der Waals surface area contributed by atoms with Gasteiger partial charge in [-0.2, -0.15) is 8.42 Å². The SMILES string of the molecule is CCS(=O)(=O)NC(=O)Nc1ccccc1S(=O)(=O)Oc1ccccc1. The Labute approximate surface area is 146 Å². The summed E-state index contributed by atoms with van der Waals surface area (Å²) in [6, 6.07) is 12.3. The minimum atomic E-state index is -4.23. The summed E-state index contributed by atoms with van der Waals surface area (Å²) in [6.45, 7) is 1.36. The lowest BCUT2D eigenvalue weighted by atomic mass is 10.3. The Balaban J connectivity index is 2.27. The normalized spacial score (nSPS) is 11.6. The van der Waals surface area contributed by atoms with Crippen LogP contribution in [-0.4, -0.2) is 28.6 Å². The number of hydrogen-bond acceptors (Lipinski definition) is 6. The van der Waals surface area contributed by atoms with Crippen LogP contribution < -0.4 is 14.2 Å². The predicted molar refractivity (Wildman–Crippen MR) is 92.3 cm³/mol.